The van der Waals surface area contributed by atoms with Crippen molar-refractivity contribution in [3.8, 4) is 5.75 Å². The Morgan fingerprint density at radius 1 is 1.23 bits per heavy atom. The van der Waals surface area contributed by atoms with E-state index in [1.807, 2.05) is 31.2 Å². The molecule has 0 radical (unpaired) electrons. The molecule has 0 aliphatic carbocycles. The van der Waals surface area contributed by atoms with Crippen molar-refractivity contribution >= 4 is 11.9 Å². The molecular formula is C16H19N3O3. The van der Waals surface area contributed by atoms with E-state index >= 15 is 0 Å². The second kappa shape index (κ2) is 5.36. The number of carbonyl (C=O) groups excluding carboxylic acids is 2. The molecule has 3 amide bonds. The molecule has 0 spiro atoms. The topological polar surface area (TPSA) is 61.9 Å². The van der Waals surface area contributed by atoms with Crippen LogP contribution in [0.15, 0.2) is 35.5 Å². The normalized spacial score (nSPS) is 21.1. The number of hydrogen-bond acceptors (Lipinski definition) is 3. The molecule has 0 aromatic heterocycles. The van der Waals surface area contributed by atoms with Crippen molar-refractivity contribution in [2.75, 3.05) is 27.2 Å². The summed E-state index contributed by atoms with van der Waals surface area (Å²) in [5, 5.41) is 2.90. The fraction of sp³-hybridized carbons (Fsp3) is 0.375. The summed E-state index contributed by atoms with van der Waals surface area (Å²) in [5.41, 5.74) is 2.30. The van der Waals surface area contributed by atoms with Crippen LogP contribution in [0.25, 0.3) is 0 Å². The fourth-order valence-corrected chi connectivity index (χ4v) is 2.88. The van der Waals surface area contributed by atoms with Gasteiger partial charge >= 0.3 is 6.03 Å². The summed E-state index contributed by atoms with van der Waals surface area (Å²) in [6.07, 6.45) is 0. The standard InChI is InChI=1S/C16H19N3O3/c1-4-22-11-7-5-10(6-8-11)14-13-12(9-18(2)15(13)20)19(3)16(21)17-14/h5-8,14H,4,9H2,1-3H3,(H,17,21). The van der Waals surface area contributed by atoms with Gasteiger partial charge in [0.1, 0.15) is 5.75 Å². The lowest BCUT2D eigenvalue weighted by atomic mass is 9.96. The van der Waals surface area contributed by atoms with E-state index in [9.17, 15) is 9.59 Å². The van der Waals surface area contributed by atoms with Crippen molar-refractivity contribution in [3.05, 3.63) is 41.1 Å². The van der Waals surface area contributed by atoms with E-state index in [1.54, 1.807) is 19.0 Å². The van der Waals surface area contributed by atoms with Crippen LogP contribution < -0.4 is 10.1 Å². The molecule has 0 saturated heterocycles. The average Bonchev–Trinajstić information content (AvgIpc) is 2.81. The number of benzene rings is 1. The van der Waals surface area contributed by atoms with Gasteiger partial charge in [0.2, 0.25) is 0 Å². The monoisotopic (exact) mass is 301 g/mol. The van der Waals surface area contributed by atoms with E-state index in [1.165, 1.54) is 4.90 Å². The first-order valence-electron chi connectivity index (χ1n) is 7.28. The van der Waals surface area contributed by atoms with Crippen LogP contribution in [0.4, 0.5) is 4.79 Å². The molecule has 2 aliphatic rings. The maximum Gasteiger partial charge on any atom is 0.322 e. The minimum Gasteiger partial charge on any atom is -0.494 e. The zero-order chi connectivity index (χ0) is 15.9. The number of rotatable bonds is 3. The molecule has 0 saturated carbocycles. The first-order chi connectivity index (χ1) is 10.5. The molecule has 2 aliphatic heterocycles. The second-order valence-electron chi connectivity index (χ2n) is 5.47. The van der Waals surface area contributed by atoms with E-state index < -0.39 is 6.04 Å². The maximum atomic E-state index is 12.4. The fourth-order valence-electron chi connectivity index (χ4n) is 2.88. The lowest BCUT2D eigenvalue weighted by Crippen LogP contribution is -2.45. The van der Waals surface area contributed by atoms with Crippen LogP contribution in [0.2, 0.25) is 0 Å². The van der Waals surface area contributed by atoms with Crippen molar-refractivity contribution < 1.29 is 14.3 Å². The number of hydrogen-bond donors (Lipinski definition) is 1. The van der Waals surface area contributed by atoms with Crippen LogP contribution in [0.3, 0.4) is 0 Å². The van der Waals surface area contributed by atoms with E-state index in [2.05, 4.69) is 5.32 Å². The van der Waals surface area contributed by atoms with E-state index in [0.717, 1.165) is 17.0 Å². The van der Waals surface area contributed by atoms with E-state index in [-0.39, 0.29) is 11.9 Å². The molecule has 6 nitrogen and oxygen atoms in total. The Hall–Kier alpha value is -2.50. The van der Waals surface area contributed by atoms with E-state index in [0.29, 0.717) is 18.7 Å². The minimum atomic E-state index is -0.410. The van der Waals surface area contributed by atoms with Gasteiger partial charge in [-0.05, 0) is 24.6 Å². The van der Waals surface area contributed by atoms with Crippen molar-refractivity contribution in [2.24, 2.45) is 0 Å². The molecule has 1 aromatic rings. The Bertz CT molecular complexity index is 651. The highest BCUT2D eigenvalue weighted by Gasteiger charge is 2.41. The molecule has 22 heavy (non-hydrogen) atoms. The molecule has 116 valence electrons. The Morgan fingerprint density at radius 3 is 2.55 bits per heavy atom. The Morgan fingerprint density at radius 2 is 1.91 bits per heavy atom. The summed E-state index contributed by atoms with van der Waals surface area (Å²) in [7, 11) is 3.43. The third-order valence-corrected chi connectivity index (χ3v) is 4.07. The predicted molar refractivity (Wildman–Crippen MR) is 81.3 cm³/mol. The first-order valence-corrected chi connectivity index (χ1v) is 7.28. The van der Waals surface area contributed by atoms with Crippen LogP contribution in [0, 0.1) is 0 Å². The highest BCUT2D eigenvalue weighted by molar-refractivity contribution is 6.01. The quantitative estimate of drug-likeness (QED) is 0.920. The lowest BCUT2D eigenvalue weighted by molar-refractivity contribution is -0.124. The average molecular weight is 301 g/mol. The Kier molecular flexibility index (Phi) is 3.52. The number of urea groups is 1. The number of carbonyl (C=O) groups is 2. The van der Waals surface area contributed by atoms with Gasteiger partial charge in [-0.1, -0.05) is 12.1 Å². The number of likely N-dealkylation sites (N-methyl/N-ethyl adjacent to an activating group) is 2. The van der Waals surface area contributed by atoms with Crippen molar-refractivity contribution in [3.63, 3.8) is 0 Å². The van der Waals surface area contributed by atoms with Crippen molar-refractivity contribution in [1.29, 1.82) is 0 Å². The number of nitrogens with one attached hydrogen (secondary N) is 1. The second-order valence-corrected chi connectivity index (χ2v) is 5.47. The maximum absolute atomic E-state index is 12.4. The van der Waals surface area contributed by atoms with Gasteiger partial charge in [0.25, 0.3) is 5.91 Å². The molecule has 6 heteroatoms. The summed E-state index contributed by atoms with van der Waals surface area (Å²) in [6, 6.07) is 6.88. The molecule has 1 N–H and O–H groups in total. The predicted octanol–water partition coefficient (Wildman–Crippen LogP) is 1.51. The summed E-state index contributed by atoms with van der Waals surface area (Å²) in [5.74, 6) is 0.732. The van der Waals surface area contributed by atoms with Crippen LogP contribution in [-0.4, -0.2) is 49.0 Å². The van der Waals surface area contributed by atoms with Crippen molar-refractivity contribution in [2.45, 2.75) is 13.0 Å². The SMILES string of the molecule is CCOc1ccc(C2NC(=O)N(C)C3=C2C(=O)N(C)C3)cc1. The number of nitrogens with zero attached hydrogens (tertiary/aromatic N) is 2. The van der Waals surface area contributed by atoms with Gasteiger partial charge in [-0.3, -0.25) is 9.69 Å². The van der Waals surface area contributed by atoms with Crippen LogP contribution in [0.1, 0.15) is 18.5 Å². The molecule has 1 unspecified atom stereocenters. The number of ether oxygens (including phenoxy) is 1. The van der Waals surface area contributed by atoms with Gasteiger partial charge in [0.15, 0.2) is 0 Å². The van der Waals surface area contributed by atoms with Gasteiger partial charge < -0.3 is 15.0 Å². The molecule has 1 atom stereocenters. The molecule has 0 bridgehead atoms. The zero-order valence-electron chi connectivity index (χ0n) is 12.9. The summed E-state index contributed by atoms with van der Waals surface area (Å²) in [6.45, 7) is 2.99. The minimum absolute atomic E-state index is 0.0410. The summed E-state index contributed by atoms with van der Waals surface area (Å²) >= 11 is 0. The largest absolute Gasteiger partial charge is 0.494 e. The highest BCUT2D eigenvalue weighted by atomic mass is 16.5. The van der Waals surface area contributed by atoms with Crippen LogP contribution in [-0.2, 0) is 4.79 Å². The third-order valence-electron chi connectivity index (χ3n) is 4.07. The number of amides is 3. The van der Waals surface area contributed by atoms with Gasteiger partial charge in [0.05, 0.1) is 30.5 Å². The highest BCUT2D eigenvalue weighted by Crippen LogP contribution is 2.35. The smallest absolute Gasteiger partial charge is 0.322 e. The Labute approximate surface area is 129 Å². The lowest BCUT2D eigenvalue weighted by Gasteiger charge is -2.31. The molecule has 1 aromatic carbocycles. The van der Waals surface area contributed by atoms with Gasteiger partial charge in [-0.25, -0.2) is 4.79 Å². The van der Waals surface area contributed by atoms with E-state index in [4.69, 9.17) is 4.74 Å². The summed E-state index contributed by atoms with van der Waals surface area (Å²) in [4.78, 5) is 27.7. The molecule has 0 fully saturated rings. The summed E-state index contributed by atoms with van der Waals surface area (Å²) < 4.78 is 5.43. The zero-order valence-corrected chi connectivity index (χ0v) is 12.9. The van der Waals surface area contributed by atoms with Crippen LogP contribution in [0.5, 0.6) is 5.75 Å². The molecule has 2 heterocycles. The molecule has 3 rings (SSSR count). The van der Waals surface area contributed by atoms with Gasteiger partial charge in [-0.15, -0.1) is 0 Å². The third kappa shape index (κ3) is 2.20. The van der Waals surface area contributed by atoms with Crippen molar-refractivity contribution in [1.82, 2.24) is 15.1 Å². The Balaban J connectivity index is 1.98. The van der Waals surface area contributed by atoms with Crippen LogP contribution >= 0.6 is 0 Å². The first kappa shape index (κ1) is 14.4. The molecular weight excluding hydrogens is 282 g/mol. The van der Waals surface area contributed by atoms with Gasteiger partial charge in [0, 0.05) is 14.1 Å². The van der Waals surface area contributed by atoms with Gasteiger partial charge in [-0.2, -0.15) is 0 Å².